The number of nitrogens with one attached hydrogen (secondary N) is 2. The third-order valence-electron chi connectivity index (χ3n) is 2.77. The second-order valence-electron chi connectivity index (χ2n) is 4.13. The largest absolute Gasteiger partial charge is 0.356 e. The lowest BCUT2D eigenvalue weighted by molar-refractivity contribution is -0.118. The summed E-state index contributed by atoms with van der Waals surface area (Å²) in [6.45, 7) is 3.57. The molecule has 0 spiro atoms. The van der Waals surface area contributed by atoms with Gasteiger partial charge in [0.25, 0.3) is 0 Å². The van der Waals surface area contributed by atoms with Crippen molar-refractivity contribution in [1.29, 1.82) is 0 Å². The zero-order chi connectivity index (χ0) is 10.2. The molecule has 1 amide bonds. The van der Waals surface area contributed by atoms with E-state index in [4.69, 9.17) is 0 Å². The second kappa shape index (κ2) is 6.82. The molecule has 1 rings (SSSR count). The lowest BCUT2D eigenvalue weighted by Crippen LogP contribution is -2.29. The van der Waals surface area contributed by atoms with Crippen molar-refractivity contribution in [1.82, 2.24) is 10.6 Å². The summed E-state index contributed by atoms with van der Waals surface area (Å²) in [6.07, 6.45) is 7.65. The van der Waals surface area contributed by atoms with E-state index in [1.807, 2.05) is 0 Å². The Labute approximate surface area is 86.6 Å². The minimum atomic E-state index is 0.0822. The summed E-state index contributed by atoms with van der Waals surface area (Å²) in [4.78, 5) is 10.6. The van der Waals surface area contributed by atoms with Gasteiger partial charge in [0.1, 0.15) is 0 Å². The van der Waals surface area contributed by atoms with E-state index in [0.29, 0.717) is 6.04 Å². The maximum absolute atomic E-state index is 10.6. The van der Waals surface area contributed by atoms with Gasteiger partial charge in [0, 0.05) is 19.5 Å². The van der Waals surface area contributed by atoms with E-state index in [9.17, 15) is 4.79 Å². The number of carbonyl (C=O) groups is 1. The van der Waals surface area contributed by atoms with Gasteiger partial charge in [-0.3, -0.25) is 4.79 Å². The molecule has 14 heavy (non-hydrogen) atoms. The number of hydrogen-bond acceptors (Lipinski definition) is 2. The molecule has 0 aromatic rings. The molecule has 0 bridgehead atoms. The van der Waals surface area contributed by atoms with Crippen LogP contribution in [0.5, 0.6) is 0 Å². The fraction of sp³-hybridized carbons (Fsp3) is 0.909. The van der Waals surface area contributed by atoms with E-state index in [1.54, 1.807) is 6.92 Å². The van der Waals surface area contributed by atoms with Crippen LogP contribution in [0.3, 0.4) is 0 Å². The van der Waals surface area contributed by atoms with Crippen LogP contribution in [0.15, 0.2) is 0 Å². The number of amides is 1. The maximum atomic E-state index is 10.6. The summed E-state index contributed by atoms with van der Waals surface area (Å²) >= 11 is 0. The van der Waals surface area contributed by atoms with E-state index in [-0.39, 0.29) is 5.91 Å². The minimum Gasteiger partial charge on any atom is -0.356 e. The van der Waals surface area contributed by atoms with E-state index >= 15 is 0 Å². The molecule has 1 aliphatic heterocycles. The number of hydrogen-bond donors (Lipinski definition) is 2. The highest BCUT2D eigenvalue weighted by atomic mass is 16.1. The molecule has 2 N–H and O–H groups in total. The molecule has 0 aromatic carbocycles. The summed E-state index contributed by atoms with van der Waals surface area (Å²) in [7, 11) is 0. The fourth-order valence-electron chi connectivity index (χ4n) is 1.96. The Hall–Kier alpha value is -0.570. The third kappa shape index (κ3) is 5.22. The SMILES string of the molecule is CC(=O)NCCCC1CCCCCN1. The van der Waals surface area contributed by atoms with Gasteiger partial charge in [-0.15, -0.1) is 0 Å². The van der Waals surface area contributed by atoms with E-state index in [2.05, 4.69) is 10.6 Å². The van der Waals surface area contributed by atoms with Crippen LogP contribution in [0, 0.1) is 0 Å². The molecule has 3 nitrogen and oxygen atoms in total. The third-order valence-corrected chi connectivity index (χ3v) is 2.77. The summed E-state index contributed by atoms with van der Waals surface area (Å²) in [6, 6.07) is 0.686. The summed E-state index contributed by atoms with van der Waals surface area (Å²) in [5, 5.41) is 6.39. The Balaban J connectivity index is 2.01. The second-order valence-corrected chi connectivity index (χ2v) is 4.13. The highest BCUT2D eigenvalue weighted by Gasteiger charge is 2.10. The lowest BCUT2D eigenvalue weighted by Gasteiger charge is -2.15. The molecule has 1 aliphatic rings. The van der Waals surface area contributed by atoms with Gasteiger partial charge < -0.3 is 10.6 Å². The Bertz CT molecular complexity index is 163. The van der Waals surface area contributed by atoms with Gasteiger partial charge >= 0.3 is 0 Å². The Morgan fingerprint density at radius 3 is 3.07 bits per heavy atom. The average Bonchev–Trinajstić information content (AvgIpc) is 2.40. The van der Waals surface area contributed by atoms with Crippen molar-refractivity contribution in [2.45, 2.75) is 51.5 Å². The summed E-state index contributed by atoms with van der Waals surface area (Å²) in [5.74, 6) is 0.0822. The van der Waals surface area contributed by atoms with Crippen LogP contribution < -0.4 is 10.6 Å². The van der Waals surface area contributed by atoms with Gasteiger partial charge in [-0.25, -0.2) is 0 Å². The predicted molar refractivity (Wildman–Crippen MR) is 58.2 cm³/mol. The van der Waals surface area contributed by atoms with Crippen LogP contribution in [-0.4, -0.2) is 25.0 Å². The molecule has 0 aromatic heterocycles. The summed E-state index contributed by atoms with van der Waals surface area (Å²) < 4.78 is 0. The van der Waals surface area contributed by atoms with Gasteiger partial charge in [0.15, 0.2) is 0 Å². The quantitative estimate of drug-likeness (QED) is 0.671. The molecule has 1 saturated heterocycles. The molecule has 0 saturated carbocycles. The Morgan fingerprint density at radius 2 is 2.29 bits per heavy atom. The Morgan fingerprint density at radius 1 is 1.43 bits per heavy atom. The molecule has 1 fully saturated rings. The smallest absolute Gasteiger partial charge is 0.216 e. The van der Waals surface area contributed by atoms with Crippen molar-refractivity contribution in [3.8, 4) is 0 Å². The summed E-state index contributed by atoms with van der Waals surface area (Å²) in [5.41, 5.74) is 0. The molecule has 1 atom stereocenters. The first-order valence-corrected chi connectivity index (χ1v) is 5.77. The monoisotopic (exact) mass is 198 g/mol. The van der Waals surface area contributed by atoms with Gasteiger partial charge in [-0.05, 0) is 32.2 Å². The van der Waals surface area contributed by atoms with Gasteiger partial charge in [-0.1, -0.05) is 12.8 Å². The maximum Gasteiger partial charge on any atom is 0.216 e. The van der Waals surface area contributed by atoms with Crippen molar-refractivity contribution in [2.24, 2.45) is 0 Å². The zero-order valence-corrected chi connectivity index (χ0v) is 9.14. The normalized spacial score (nSPS) is 22.8. The molecular weight excluding hydrogens is 176 g/mol. The highest BCUT2D eigenvalue weighted by Crippen LogP contribution is 2.11. The van der Waals surface area contributed by atoms with Crippen LogP contribution in [-0.2, 0) is 4.79 Å². The van der Waals surface area contributed by atoms with Crippen molar-refractivity contribution in [2.75, 3.05) is 13.1 Å². The highest BCUT2D eigenvalue weighted by molar-refractivity contribution is 5.72. The van der Waals surface area contributed by atoms with Crippen LogP contribution in [0.2, 0.25) is 0 Å². The molecule has 0 aliphatic carbocycles. The van der Waals surface area contributed by atoms with Crippen molar-refractivity contribution in [3.63, 3.8) is 0 Å². The molecule has 82 valence electrons. The van der Waals surface area contributed by atoms with Gasteiger partial charge in [0.05, 0.1) is 0 Å². The van der Waals surface area contributed by atoms with E-state index in [0.717, 1.165) is 13.0 Å². The first kappa shape index (κ1) is 11.5. The molecular formula is C11H22N2O. The molecule has 1 heterocycles. The minimum absolute atomic E-state index is 0.0822. The topological polar surface area (TPSA) is 41.1 Å². The first-order chi connectivity index (χ1) is 6.79. The zero-order valence-electron chi connectivity index (χ0n) is 9.14. The van der Waals surface area contributed by atoms with Crippen molar-refractivity contribution in [3.05, 3.63) is 0 Å². The fourth-order valence-corrected chi connectivity index (χ4v) is 1.96. The van der Waals surface area contributed by atoms with Crippen LogP contribution in [0.25, 0.3) is 0 Å². The number of rotatable bonds is 4. The number of carbonyl (C=O) groups excluding carboxylic acids is 1. The average molecular weight is 198 g/mol. The van der Waals surface area contributed by atoms with Crippen LogP contribution in [0.4, 0.5) is 0 Å². The first-order valence-electron chi connectivity index (χ1n) is 5.77. The molecule has 0 radical (unpaired) electrons. The molecule has 3 heteroatoms. The van der Waals surface area contributed by atoms with Crippen molar-refractivity contribution >= 4 is 5.91 Å². The standard InChI is InChI=1S/C11H22N2O/c1-10(14)12-9-5-7-11-6-3-2-4-8-13-11/h11,13H,2-9H2,1H3,(H,12,14). The van der Waals surface area contributed by atoms with Crippen molar-refractivity contribution < 1.29 is 4.79 Å². The molecule has 1 unspecified atom stereocenters. The van der Waals surface area contributed by atoms with E-state index < -0.39 is 0 Å². The Kier molecular flexibility index (Phi) is 5.60. The van der Waals surface area contributed by atoms with Crippen LogP contribution >= 0.6 is 0 Å². The predicted octanol–water partition coefficient (Wildman–Crippen LogP) is 1.43. The lowest BCUT2D eigenvalue weighted by atomic mass is 10.1. The van der Waals surface area contributed by atoms with Gasteiger partial charge in [0.2, 0.25) is 5.91 Å². The van der Waals surface area contributed by atoms with Crippen LogP contribution in [0.1, 0.15) is 45.4 Å². The van der Waals surface area contributed by atoms with Gasteiger partial charge in [-0.2, -0.15) is 0 Å². The van der Waals surface area contributed by atoms with E-state index in [1.165, 1.54) is 38.6 Å².